The third-order valence-electron chi connectivity index (χ3n) is 3.49. The summed E-state index contributed by atoms with van der Waals surface area (Å²) < 4.78 is 5.55. The van der Waals surface area contributed by atoms with Gasteiger partial charge in [-0.15, -0.1) is 0 Å². The van der Waals surface area contributed by atoms with Gasteiger partial charge in [-0.05, 0) is 40.2 Å². The number of anilines is 1. The second kappa shape index (κ2) is 7.76. The smallest absolute Gasteiger partial charge is 0.280 e. The maximum Gasteiger partial charge on any atom is 0.280 e. The van der Waals surface area contributed by atoms with Gasteiger partial charge in [-0.25, -0.2) is 5.10 Å². The first kappa shape index (κ1) is 16.9. The van der Waals surface area contributed by atoms with Crippen LogP contribution in [0.25, 0.3) is 0 Å². The minimum atomic E-state index is -0.328. The van der Waals surface area contributed by atoms with Gasteiger partial charge in [0.2, 0.25) is 0 Å². The molecule has 126 valence electrons. The summed E-state index contributed by atoms with van der Waals surface area (Å²) in [6.07, 6.45) is 1.49. The Morgan fingerprint density at radius 3 is 2.48 bits per heavy atom. The molecule has 0 fully saturated rings. The van der Waals surface area contributed by atoms with Gasteiger partial charge in [0, 0.05) is 11.1 Å². The maximum atomic E-state index is 11.6. The summed E-state index contributed by atoms with van der Waals surface area (Å²) in [5.41, 5.74) is 5.64. The molecule has 2 N–H and O–H groups in total. The molecule has 0 amide bonds. The zero-order valence-corrected chi connectivity index (χ0v) is 14.9. The fourth-order valence-corrected chi connectivity index (χ4v) is 2.50. The Morgan fingerprint density at radius 2 is 1.80 bits per heavy atom. The highest BCUT2D eigenvalue weighted by atomic mass is 79.9. The van der Waals surface area contributed by atoms with Gasteiger partial charge >= 0.3 is 0 Å². The van der Waals surface area contributed by atoms with Crippen molar-refractivity contribution in [3.05, 3.63) is 86.7 Å². The van der Waals surface area contributed by atoms with E-state index in [1.807, 2.05) is 54.6 Å². The molecule has 2 aromatic carbocycles. The SMILES string of the molecule is COc1ccc(/C(=N/Nc2cn[nH]c(=O)c2Br)c2ccccc2)cc1. The van der Waals surface area contributed by atoms with Crippen LogP contribution in [0.5, 0.6) is 5.75 Å². The minimum absolute atomic E-state index is 0.328. The number of aromatic amines is 1. The molecule has 0 radical (unpaired) electrons. The van der Waals surface area contributed by atoms with E-state index in [1.54, 1.807) is 7.11 Å². The van der Waals surface area contributed by atoms with Gasteiger partial charge in [0.05, 0.1) is 24.7 Å². The van der Waals surface area contributed by atoms with Crippen LogP contribution in [0.3, 0.4) is 0 Å². The lowest BCUT2D eigenvalue weighted by Gasteiger charge is -2.09. The van der Waals surface area contributed by atoms with Gasteiger partial charge < -0.3 is 4.74 Å². The van der Waals surface area contributed by atoms with Gasteiger partial charge in [-0.1, -0.05) is 30.3 Å². The number of benzene rings is 2. The number of hydrogen-bond donors (Lipinski definition) is 2. The summed E-state index contributed by atoms with van der Waals surface area (Å²) >= 11 is 3.23. The van der Waals surface area contributed by atoms with E-state index in [9.17, 15) is 4.79 Å². The number of nitrogens with one attached hydrogen (secondary N) is 2. The highest BCUT2D eigenvalue weighted by Gasteiger charge is 2.09. The van der Waals surface area contributed by atoms with E-state index in [1.165, 1.54) is 6.20 Å². The van der Waals surface area contributed by atoms with Gasteiger partial charge in [0.1, 0.15) is 10.2 Å². The standard InChI is InChI=1S/C18H15BrN4O2/c1-25-14-9-7-13(8-10-14)17(12-5-3-2-4-6-12)22-21-15-11-20-23-18(24)16(15)19/h2-11H,1H3,(H2,21,23,24)/b22-17+. The molecule has 3 aromatic rings. The van der Waals surface area contributed by atoms with Crippen LogP contribution < -0.4 is 15.7 Å². The molecule has 25 heavy (non-hydrogen) atoms. The van der Waals surface area contributed by atoms with Crippen molar-refractivity contribution in [3.8, 4) is 5.75 Å². The Hall–Kier alpha value is -2.93. The van der Waals surface area contributed by atoms with Gasteiger partial charge in [0.15, 0.2) is 0 Å². The Labute approximate surface area is 152 Å². The van der Waals surface area contributed by atoms with Crippen molar-refractivity contribution in [1.29, 1.82) is 0 Å². The highest BCUT2D eigenvalue weighted by Crippen LogP contribution is 2.18. The van der Waals surface area contributed by atoms with Crippen LogP contribution in [0.15, 0.2) is 75.2 Å². The zero-order valence-electron chi connectivity index (χ0n) is 13.4. The van der Waals surface area contributed by atoms with Crippen LogP contribution in [0.4, 0.5) is 5.69 Å². The van der Waals surface area contributed by atoms with Crippen molar-refractivity contribution in [2.75, 3.05) is 12.5 Å². The number of halogens is 1. The second-order valence-corrected chi connectivity index (χ2v) is 5.89. The summed E-state index contributed by atoms with van der Waals surface area (Å²) in [6, 6.07) is 17.4. The topological polar surface area (TPSA) is 79.4 Å². The number of H-pyrrole nitrogens is 1. The normalized spacial score (nSPS) is 11.2. The summed E-state index contributed by atoms with van der Waals surface area (Å²) in [5, 5.41) is 10.6. The van der Waals surface area contributed by atoms with Crippen LogP contribution in [0, 0.1) is 0 Å². The van der Waals surface area contributed by atoms with E-state index in [0.29, 0.717) is 10.2 Å². The lowest BCUT2D eigenvalue weighted by Crippen LogP contribution is -2.12. The lowest BCUT2D eigenvalue weighted by molar-refractivity contribution is 0.415. The predicted octanol–water partition coefficient (Wildman–Crippen LogP) is 3.41. The average molecular weight is 399 g/mol. The average Bonchev–Trinajstić information content (AvgIpc) is 2.66. The molecule has 0 aliphatic heterocycles. The molecule has 0 saturated carbocycles. The van der Waals surface area contributed by atoms with E-state index in [0.717, 1.165) is 22.6 Å². The quantitative estimate of drug-likeness (QED) is 0.509. The molecule has 3 rings (SSSR count). The molecule has 7 heteroatoms. The third-order valence-corrected chi connectivity index (χ3v) is 4.28. The number of nitrogens with zero attached hydrogens (tertiary/aromatic N) is 2. The number of rotatable bonds is 5. The molecule has 1 heterocycles. The largest absolute Gasteiger partial charge is 0.497 e. The third kappa shape index (κ3) is 3.95. The Kier molecular flexibility index (Phi) is 5.25. The van der Waals surface area contributed by atoms with E-state index in [2.05, 4.69) is 36.7 Å². The van der Waals surface area contributed by atoms with Crippen molar-refractivity contribution in [2.45, 2.75) is 0 Å². The second-order valence-electron chi connectivity index (χ2n) is 5.09. The summed E-state index contributed by atoms with van der Waals surface area (Å²) in [7, 11) is 1.63. The zero-order chi connectivity index (χ0) is 17.6. The van der Waals surface area contributed by atoms with Gasteiger partial charge in [0.25, 0.3) is 5.56 Å². The molecule has 0 unspecified atom stereocenters. The van der Waals surface area contributed by atoms with Crippen LogP contribution in [0.2, 0.25) is 0 Å². The monoisotopic (exact) mass is 398 g/mol. The Morgan fingerprint density at radius 1 is 1.12 bits per heavy atom. The number of methoxy groups -OCH3 is 1. The molecule has 0 saturated heterocycles. The predicted molar refractivity (Wildman–Crippen MR) is 101 cm³/mol. The van der Waals surface area contributed by atoms with E-state index < -0.39 is 0 Å². The molecular formula is C18H15BrN4O2. The van der Waals surface area contributed by atoms with Crippen LogP contribution in [-0.4, -0.2) is 23.0 Å². The maximum absolute atomic E-state index is 11.6. The number of hydrazone groups is 1. The van der Waals surface area contributed by atoms with Crippen molar-refractivity contribution < 1.29 is 4.74 Å². The molecule has 0 aliphatic rings. The van der Waals surface area contributed by atoms with Crippen molar-refractivity contribution in [2.24, 2.45) is 5.10 Å². The molecule has 0 spiro atoms. The molecule has 1 aromatic heterocycles. The first-order chi connectivity index (χ1) is 12.2. The molecule has 0 aliphatic carbocycles. The van der Waals surface area contributed by atoms with E-state index in [-0.39, 0.29) is 5.56 Å². The molecular weight excluding hydrogens is 384 g/mol. The highest BCUT2D eigenvalue weighted by molar-refractivity contribution is 9.10. The fourth-order valence-electron chi connectivity index (χ4n) is 2.22. The van der Waals surface area contributed by atoms with E-state index >= 15 is 0 Å². The fraction of sp³-hybridized carbons (Fsp3) is 0.0556. The van der Waals surface area contributed by atoms with Crippen LogP contribution in [-0.2, 0) is 0 Å². The first-order valence-electron chi connectivity index (χ1n) is 7.46. The Bertz CT molecular complexity index is 937. The summed E-state index contributed by atoms with van der Waals surface area (Å²) in [4.78, 5) is 11.6. The lowest BCUT2D eigenvalue weighted by atomic mass is 10.0. The van der Waals surface area contributed by atoms with Crippen molar-refractivity contribution in [1.82, 2.24) is 10.2 Å². The Balaban J connectivity index is 2.01. The van der Waals surface area contributed by atoms with Crippen molar-refractivity contribution in [3.63, 3.8) is 0 Å². The molecule has 0 atom stereocenters. The van der Waals surface area contributed by atoms with Gasteiger partial charge in [-0.2, -0.15) is 10.2 Å². The van der Waals surface area contributed by atoms with Crippen LogP contribution in [0.1, 0.15) is 11.1 Å². The van der Waals surface area contributed by atoms with Crippen molar-refractivity contribution >= 4 is 27.3 Å². The first-order valence-corrected chi connectivity index (χ1v) is 8.25. The number of ether oxygens (including phenoxy) is 1. The number of hydrogen-bond acceptors (Lipinski definition) is 5. The van der Waals surface area contributed by atoms with Crippen LogP contribution >= 0.6 is 15.9 Å². The molecule has 6 nitrogen and oxygen atoms in total. The summed E-state index contributed by atoms with van der Waals surface area (Å²) in [6.45, 7) is 0. The summed E-state index contributed by atoms with van der Waals surface area (Å²) in [5.74, 6) is 0.769. The van der Waals surface area contributed by atoms with Gasteiger partial charge in [-0.3, -0.25) is 10.2 Å². The minimum Gasteiger partial charge on any atom is -0.497 e. The van der Waals surface area contributed by atoms with E-state index in [4.69, 9.17) is 4.74 Å². The number of aromatic nitrogens is 2. The molecule has 0 bridgehead atoms.